The first kappa shape index (κ1) is 22.1. The number of carbonyl (C=O) groups excluding carboxylic acids is 2. The lowest BCUT2D eigenvalue weighted by Crippen LogP contribution is -2.27. The summed E-state index contributed by atoms with van der Waals surface area (Å²) < 4.78 is 1.77. The van der Waals surface area contributed by atoms with E-state index in [2.05, 4.69) is 15.7 Å². The highest BCUT2D eigenvalue weighted by Crippen LogP contribution is 2.30. The number of amides is 2. The molecule has 1 heterocycles. The van der Waals surface area contributed by atoms with E-state index in [0.717, 1.165) is 35.5 Å². The molecule has 0 aliphatic heterocycles. The minimum Gasteiger partial charge on any atom is -0.345 e. The predicted octanol–water partition coefficient (Wildman–Crippen LogP) is 5.49. The lowest BCUT2D eigenvalue weighted by molar-refractivity contribution is -0.117. The molecule has 1 saturated carbocycles. The third-order valence-electron chi connectivity index (χ3n) is 5.62. The highest BCUT2D eigenvalue weighted by molar-refractivity contribution is 6.30. The molecule has 4 rings (SSSR count). The van der Waals surface area contributed by atoms with Gasteiger partial charge in [0, 0.05) is 16.6 Å². The van der Waals surface area contributed by atoms with Crippen LogP contribution >= 0.6 is 11.6 Å². The van der Waals surface area contributed by atoms with Crippen LogP contribution in [0.1, 0.15) is 67.2 Å². The van der Waals surface area contributed by atoms with Crippen molar-refractivity contribution in [1.29, 1.82) is 0 Å². The molecule has 32 heavy (non-hydrogen) atoms. The van der Waals surface area contributed by atoms with Gasteiger partial charge in [-0.3, -0.25) is 9.59 Å². The monoisotopic (exact) mass is 450 g/mol. The number of carbonyl (C=O) groups is 2. The van der Waals surface area contributed by atoms with Crippen molar-refractivity contribution in [1.82, 2.24) is 15.1 Å². The fourth-order valence-electron chi connectivity index (χ4n) is 3.70. The smallest absolute Gasteiger partial charge is 0.255 e. The number of anilines is 1. The number of nitrogens with zero attached hydrogens (tertiary/aromatic N) is 2. The molecular formula is C25H27ClN4O2. The van der Waals surface area contributed by atoms with Gasteiger partial charge < -0.3 is 10.6 Å². The van der Waals surface area contributed by atoms with Crippen LogP contribution in [-0.2, 0) is 4.79 Å². The van der Waals surface area contributed by atoms with E-state index in [1.54, 1.807) is 10.9 Å². The van der Waals surface area contributed by atoms with Crippen molar-refractivity contribution < 1.29 is 9.59 Å². The lowest BCUT2D eigenvalue weighted by atomic mass is 10.0. The summed E-state index contributed by atoms with van der Waals surface area (Å²) in [5, 5.41) is 11.1. The minimum atomic E-state index is -0.204. The van der Waals surface area contributed by atoms with Crippen LogP contribution in [0.15, 0.2) is 54.7 Å². The highest BCUT2D eigenvalue weighted by Gasteiger charge is 2.29. The SMILES string of the molecule is CC(C)c1c(C(=O)NC(C)c2ccc(NC(=O)C3CC3)cc2)cnn1-c1cccc(Cl)c1. The summed E-state index contributed by atoms with van der Waals surface area (Å²) >= 11 is 6.15. The summed E-state index contributed by atoms with van der Waals surface area (Å²) in [5.41, 5.74) is 3.91. The Morgan fingerprint density at radius 3 is 2.44 bits per heavy atom. The molecule has 0 saturated heterocycles. The van der Waals surface area contributed by atoms with Crippen LogP contribution < -0.4 is 10.6 Å². The molecule has 2 aromatic carbocycles. The van der Waals surface area contributed by atoms with Crippen molar-refractivity contribution in [2.24, 2.45) is 5.92 Å². The van der Waals surface area contributed by atoms with Crippen LogP contribution in [0.2, 0.25) is 5.02 Å². The topological polar surface area (TPSA) is 76.0 Å². The summed E-state index contributed by atoms with van der Waals surface area (Å²) in [4.78, 5) is 25.0. The standard InChI is InChI=1S/C25H27ClN4O2/c1-15(2)23-22(14-27-30(23)21-6-4-5-19(26)13-21)25(32)28-16(3)17-9-11-20(12-10-17)29-24(31)18-7-8-18/h4-6,9-16,18H,7-8H2,1-3H3,(H,28,32)(H,29,31). The first-order valence-corrected chi connectivity index (χ1v) is 11.3. The molecule has 2 amide bonds. The summed E-state index contributed by atoms with van der Waals surface area (Å²) in [7, 11) is 0. The molecule has 6 nitrogen and oxygen atoms in total. The molecule has 1 aliphatic rings. The molecule has 0 bridgehead atoms. The largest absolute Gasteiger partial charge is 0.345 e. The minimum absolute atomic E-state index is 0.0806. The maximum absolute atomic E-state index is 13.1. The van der Waals surface area contributed by atoms with Gasteiger partial charge in [0.2, 0.25) is 5.91 Å². The Morgan fingerprint density at radius 1 is 1.09 bits per heavy atom. The van der Waals surface area contributed by atoms with Crippen molar-refractivity contribution in [3.8, 4) is 5.69 Å². The molecule has 3 aromatic rings. The third kappa shape index (κ3) is 4.86. The van der Waals surface area contributed by atoms with E-state index in [1.165, 1.54) is 0 Å². The maximum Gasteiger partial charge on any atom is 0.255 e. The van der Waals surface area contributed by atoms with E-state index >= 15 is 0 Å². The number of benzene rings is 2. The van der Waals surface area contributed by atoms with E-state index in [0.29, 0.717) is 10.6 Å². The second kappa shape index (κ2) is 9.17. The molecule has 2 N–H and O–H groups in total. The summed E-state index contributed by atoms with van der Waals surface area (Å²) in [6.45, 7) is 6.01. The third-order valence-corrected chi connectivity index (χ3v) is 5.86. The highest BCUT2D eigenvalue weighted by atomic mass is 35.5. The lowest BCUT2D eigenvalue weighted by Gasteiger charge is -2.17. The van der Waals surface area contributed by atoms with Gasteiger partial charge in [-0.1, -0.05) is 43.6 Å². The van der Waals surface area contributed by atoms with Crippen molar-refractivity contribution in [3.05, 3.63) is 76.6 Å². The molecule has 7 heteroatoms. The van der Waals surface area contributed by atoms with Crippen LogP contribution in [0.4, 0.5) is 5.69 Å². The number of hydrogen-bond acceptors (Lipinski definition) is 3. The van der Waals surface area contributed by atoms with Crippen molar-refractivity contribution >= 4 is 29.1 Å². The zero-order chi connectivity index (χ0) is 22.8. The Kier molecular flexibility index (Phi) is 6.33. The van der Waals surface area contributed by atoms with Crippen molar-refractivity contribution in [2.75, 3.05) is 5.32 Å². The van der Waals surface area contributed by atoms with Crippen molar-refractivity contribution in [3.63, 3.8) is 0 Å². The van der Waals surface area contributed by atoms with Gasteiger partial charge in [0.15, 0.2) is 0 Å². The Balaban J connectivity index is 1.49. The first-order valence-electron chi connectivity index (χ1n) is 10.9. The summed E-state index contributed by atoms with van der Waals surface area (Å²) in [6, 6.07) is 14.8. The zero-order valence-corrected chi connectivity index (χ0v) is 19.2. The molecular weight excluding hydrogens is 424 g/mol. The molecule has 0 radical (unpaired) electrons. The number of halogens is 1. The van der Waals surface area contributed by atoms with Crippen LogP contribution in [0, 0.1) is 5.92 Å². The molecule has 1 aliphatic carbocycles. The van der Waals surface area contributed by atoms with Crippen LogP contribution in [0.5, 0.6) is 0 Å². The van der Waals surface area contributed by atoms with Gasteiger partial charge in [-0.05, 0) is 61.6 Å². The van der Waals surface area contributed by atoms with Gasteiger partial charge in [-0.25, -0.2) is 4.68 Å². The van der Waals surface area contributed by atoms with E-state index in [1.807, 2.05) is 69.3 Å². The molecule has 1 atom stereocenters. The van der Waals surface area contributed by atoms with E-state index in [9.17, 15) is 9.59 Å². The fourth-order valence-corrected chi connectivity index (χ4v) is 3.89. The number of rotatable bonds is 7. The van der Waals surface area contributed by atoms with E-state index in [4.69, 9.17) is 11.6 Å². The second-order valence-corrected chi connectivity index (χ2v) is 9.01. The molecule has 1 unspecified atom stereocenters. The molecule has 0 spiro atoms. The predicted molar refractivity (Wildman–Crippen MR) is 126 cm³/mol. The molecule has 166 valence electrons. The Hall–Kier alpha value is -3.12. The average Bonchev–Trinajstić information content (AvgIpc) is 3.51. The number of nitrogens with one attached hydrogen (secondary N) is 2. The quantitative estimate of drug-likeness (QED) is 0.499. The van der Waals surface area contributed by atoms with Crippen LogP contribution in [0.25, 0.3) is 5.69 Å². The van der Waals surface area contributed by atoms with Gasteiger partial charge in [0.1, 0.15) is 0 Å². The molecule has 1 aromatic heterocycles. The van der Waals surface area contributed by atoms with Crippen molar-refractivity contribution in [2.45, 2.75) is 45.6 Å². The van der Waals surface area contributed by atoms with E-state index < -0.39 is 0 Å². The Morgan fingerprint density at radius 2 is 1.81 bits per heavy atom. The normalized spacial score (nSPS) is 14.3. The maximum atomic E-state index is 13.1. The molecule has 1 fully saturated rings. The Labute approximate surface area is 193 Å². The van der Waals surface area contributed by atoms with Gasteiger partial charge in [-0.2, -0.15) is 5.10 Å². The summed E-state index contributed by atoms with van der Waals surface area (Å²) in [5.74, 6) is 0.149. The zero-order valence-electron chi connectivity index (χ0n) is 18.4. The Bertz CT molecular complexity index is 1130. The van der Waals surface area contributed by atoms with Gasteiger partial charge in [0.25, 0.3) is 5.91 Å². The van der Waals surface area contributed by atoms with Crippen LogP contribution in [0.3, 0.4) is 0 Å². The number of aromatic nitrogens is 2. The van der Waals surface area contributed by atoms with Crippen LogP contribution in [-0.4, -0.2) is 21.6 Å². The number of hydrogen-bond donors (Lipinski definition) is 2. The fraction of sp³-hybridized carbons (Fsp3) is 0.320. The summed E-state index contributed by atoms with van der Waals surface area (Å²) in [6.07, 6.45) is 3.55. The van der Waals surface area contributed by atoms with Gasteiger partial charge in [-0.15, -0.1) is 0 Å². The first-order chi connectivity index (χ1) is 15.3. The second-order valence-electron chi connectivity index (χ2n) is 8.57. The van der Waals surface area contributed by atoms with Gasteiger partial charge >= 0.3 is 0 Å². The average molecular weight is 451 g/mol. The van der Waals surface area contributed by atoms with E-state index in [-0.39, 0.29) is 29.7 Å². The van der Waals surface area contributed by atoms with Gasteiger partial charge in [0.05, 0.1) is 29.2 Å².